The zero-order valence-corrected chi connectivity index (χ0v) is 12.6. The molecule has 0 fully saturated rings. The van der Waals surface area contributed by atoms with Gasteiger partial charge in [-0.3, -0.25) is 4.72 Å². The number of anilines is 1. The van der Waals surface area contributed by atoms with Crippen LogP contribution in [0.25, 0.3) is 0 Å². The molecule has 0 spiro atoms. The lowest BCUT2D eigenvalue weighted by atomic mass is 10.2. The van der Waals surface area contributed by atoms with E-state index in [2.05, 4.69) is 20.7 Å². The first-order chi connectivity index (χ1) is 9.12. The van der Waals surface area contributed by atoms with Crippen molar-refractivity contribution in [2.45, 2.75) is 11.3 Å². The standard InChI is InChI=1S/C14H14BrNO2S/c15-11-10-12-6-8-13(9-7-12)16-19(17,18)14-4-2-1-3-5-14/h1-9,16H,10-11H2. The molecule has 5 heteroatoms. The van der Waals surface area contributed by atoms with Crippen LogP contribution in [0.5, 0.6) is 0 Å². The van der Waals surface area contributed by atoms with E-state index < -0.39 is 10.0 Å². The van der Waals surface area contributed by atoms with E-state index in [1.54, 1.807) is 42.5 Å². The Balaban J connectivity index is 2.17. The highest BCUT2D eigenvalue weighted by molar-refractivity contribution is 9.09. The van der Waals surface area contributed by atoms with Gasteiger partial charge in [0.1, 0.15) is 0 Å². The minimum Gasteiger partial charge on any atom is -0.280 e. The van der Waals surface area contributed by atoms with Crippen molar-refractivity contribution in [3.8, 4) is 0 Å². The third kappa shape index (κ3) is 3.81. The van der Waals surface area contributed by atoms with Gasteiger partial charge in [-0.1, -0.05) is 46.3 Å². The molecule has 100 valence electrons. The topological polar surface area (TPSA) is 46.2 Å². The predicted octanol–water partition coefficient (Wildman–Crippen LogP) is 3.42. The van der Waals surface area contributed by atoms with Crippen LogP contribution >= 0.6 is 15.9 Å². The number of rotatable bonds is 5. The second-order valence-electron chi connectivity index (χ2n) is 4.05. The van der Waals surface area contributed by atoms with Crippen molar-refractivity contribution in [1.82, 2.24) is 0 Å². The fourth-order valence-electron chi connectivity index (χ4n) is 1.66. The highest BCUT2D eigenvalue weighted by Crippen LogP contribution is 2.16. The highest BCUT2D eigenvalue weighted by Gasteiger charge is 2.12. The van der Waals surface area contributed by atoms with Crippen LogP contribution < -0.4 is 4.72 Å². The van der Waals surface area contributed by atoms with Crippen LogP contribution in [-0.2, 0) is 16.4 Å². The van der Waals surface area contributed by atoms with E-state index in [1.165, 1.54) is 5.56 Å². The normalized spacial score (nSPS) is 11.2. The average molecular weight is 340 g/mol. The second kappa shape index (κ2) is 6.21. The SMILES string of the molecule is O=S(=O)(Nc1ccc(CCBr)cc1)c1ccccc1. The number of benzene rings is 2. The summed E-state index contributed by atoms with van der Waals surface area (Å²) in [6.45, 7) is 0. The Labute approximate surface area is 121 Å². The van der Waals surface area contributed by atoms with E-state index in [0.29, 0.717) is 5.69 Å². The van der Waals surface area contributed by atoms with Gasteiger partial charge in [-0.05, 0) is 36.2 Å². The van der Waals surface area contributed by atoms with E-state index in [-0.39, 0.29) is 4.90 Å². The number of sulfonamides is 1. The molecule has 0 heterocycles. The van der Waals surface area contributed by atoms with Gasteiger partial charge in [-0.25, -0.2) is 8.42 Å². The molecular weight excluding hydrogens is 326 g/mol. The lowest BCUT2D eigenvalue weighted by molar-refractivity contribution is 0.601. The Hall–Kier alpha value is -1.33. The molecule has 2 rings (SSSR count). The Morgan fingerprint density at radius 3 is 2.16 bits per heavy atom. The van der Waals surface area contributed by atoms with Gasteiger partial charge in [-0.15, -0.1) is 0 Å². The van der Waals surface area contributed by atoms with Gasteiger partial charge >= 0.3 is 0 Å². The van der Waals surface area contributed by atoms with Crippen molar-refractivity contribution < 1.29 is 8.42 Å². The molecule has 0 aromatic heterocycles. The maximum Gasteiger partial charge on any atom is 0.261 e. The summed E-state index contributed by atoms with van der Waals surface area (Å²) in [5.74, 6) is 0. The molecule has 0 radical (unpaired) electrons. The first kappa shape index (κ1) is 14.1. The fourth-order valence-corrected chi connectivity index (χ4v) is 3.20. The van der Waals surface area contributed by atoms with Crippen molar-refractivity contribution in [2.75, 3.05) is 10.1 Å². The van der Waals surface area contributed by atoms with Crippen LogP contribution in [0.4, 0.5) is 5.69 Å². The number of halogens is 1. The minimum absolute atomic E-state index is 0.263. The predicted molar refractivity (Wildman–Crippen MR) is 81.2 cm³/mol. The van der Waals surface area contributed by atoms with Crippen molar-refractivity contribution in [3.63, 3.8) is 0 Å². The van der Waals surface area contributed by atoms with Gasteiger partial charge in [-0.2, -0.15) is 0 Å². The average Bonchev–Trinajstić information content (AvgIpc) is 2.42. The summed E-state index contributed by atoms with van der Waals surface area (Å²) in [6, 6.07) is 15.7. The Kier molecular flexibility index (Phi) is 4.61. The molecule has 2 aromatic rings. The molecule has 0 aliphatic heterocycles. The van der Waals surface area contributed by atoms with Crippen LogP contribution in [0.3, 0.4) is 0 Å². The molecule has 19 heavy (non-hydrogen) atoms. The molecule has 0 aliphatic rings. The lowest BCUT2D eigenvalue weighted by Gasteiger charge is -2.08. The van der Waals surface area contributed by atoms with Crippen LogP contribution in [0, 0.1) is 0 Å². The third-order valence-corrected chi connectivity index (χ3v) is 4.44. The number of nitrogens with one attached hydrogen (secondary N) is 1. The minimum atomic E-state index is -3.50. The summed E-state index contributed by atoms with van der Waals surface area (Å²) in [5, 5.41) is 0.891. The monoisotopic (exact) mass is 339 g/mol. The molecule has 1 N–H and O–H groups in total. The first-order valence-electron chi connectivity index (χ1n) is 5.84. The molecule has 0 aliphatic carbocycles. The van der Waals surface area contributed by atoms with Crippen LogP contribution in [0.1, 0.15) is 5.56 Å². The molecule has 2 aromatic carbocycles. The zero-order valence-electron chi connectivity index (χ0n) is 10.2. The summed E-state index contributed by atoms with van der Waals surface area (Å²) in [7, 11) is -3.50. The van der Waals surface area contributed by atoms with Gasteiger partial charge in [0.25, 0.3) is 10.0 Å². The number of alkyl halides is 1. The van der Waals surface area contributed by atoms with E-state index in [1.807, 2.05) is 12.1 Å². The fraction of sp³-hybridized carbons (Fsp3) is 0.143. The van der Waals surface area contributed by atoms with E-state index in [9.17, 15) is 8.42 Å². The Bertz CT molecular complexity index is 624. The molecule has 3 nitrogen and oxygen atoms in total. The summed E-state index contributed by atoms with van der Waals surface area (Å²) < 4.78 is 26.8. The van der Waals surface area contributed by atoms with Crippen molar-refractivity contribution in [1.29, 1.82) is 0 Å². The van der Waals surface area contributed by atoms with Crippen LogP contribution in [-0.4, -0.2) is 13.7 Å². The summed E-state index contributed by atoms with van der Waals surface area (Å²) in [4.78, 5) is 0.263. The van der Waals surface area contributed by atoms with E-state index in [4.69, 9.17) is 0 Å². The smallest absolute Gasteiger partial charge is 0.261 e. The van der Waals surface area contributed by atoms with E-state index in [0.717, 1.165) is 11.8 Å². The quantitative estimate of drug-likeness (QED) is 0.848. The second-order valence-corrected chi connectivity index (χ2v) is 6.53. The maximum absolute atomic E-state index is 12.1. The van der Waals surface area contributed by atoms with Crippen molar-refractivity contribution in [3.05, 3.63) is 60.2 Å². The van der Waals surface area contributed by atoms with Gasteiger partial charge in [0.05, 0.1) is 4.90 Å². The third-order valence-electron chi connectivity index (χ3n) is 2.64. The Morgan fingerprint density at radius 1 is 0.947 bits per heavy atom. The van der Waals surface area contributed by atoms with Crippen LogP contribution in [0.15, 0.2) is 59.5 Å². The highest BCUT2D eigenvalue weighted by atomic mass is 79.9. The van der Waals surface area contributed by atoms with Crippen molar-refractivity contribution >= 4 is 31.6 Å². The number of hydrogen-bond donors (Lipinski definition) is 1. The van der Waals surface area contributed by atoms with Gasteiger partial charge < -0.3 is 0 Å². The maximum atomic E-state index is 12.1. The zero-order chi connectivity index (χ0) is 13.7. The van der Waals surface area contributed by atoms with Gasteiger partial charge in [0.15, 0.2) is 0 Å². The van der Waals surface area contributed by atoms with E-state index >= 15 is 0 Å². The number of aryl methyl sites for hydroxylation is 1. The van der Waals surface area contributed by atoms with Crippen LogP contribution in [0.2, 0.25) is 0 Å². The van der Waals surface area contributed by atoms with Gasteiger partial charge in [0, 0.05) is 11.0 Å². The van der Waals surface area contributed by atoms with Crippen molar-refractivity contribution in [2.24, 2.45) is 0 Å². The lowest BCUT2D eigenvalue weighted by Crippen LogP contribution is -2.12. The number of hydrogen-bond acceptors (Lipinski definition) is 2. The molecule has 0 unspecified atom stereocenters. The molecule has 0 amide bonds. The summed E-state index contributed by atoms with van der Waals surface area (Å²) in [5.41, 5.74) is 1.74. The molecule has 0 saturated heterocycles. The molecule has 0 bridgehead atoms. The van der Waals surface area contributed by atoms with Gasteiger partial charge in [0.2, 0.25) is 0 Å². The summed E-state index contributed by atoms with van der Waals surface area (Å²) in [6.07, 6.45) is 0.922. The molecule has 0 atom stereocenters. The largest absolute Gasteiger partial charge is 0.280 e. The first-order valence-corrected chi connectivity index (χ1v) is 8.45. The summed E-state index contributed by atoms with van der Waals surface area (Å²) >= 11 is 3.37. The molecular formula is C14H14BrNO2S. The molecule has 0 saturated carbocycles. The Morgan fingerprint density at radius 2 is 1.58 bits per heavy atom.